The highest BCUT2D eigenvalue weighted by Crippen LogP contribution is 2.39. The van der Waals surface area contributed by atoms with Gasteiger partial charge < -0.3 is 10.1 Å². The van der Waals surface area contributed by atoms with Crippen molar-refractivity contribution in [2.45, 2.75) is 32.8 Å². The van der Waals surface area contributed by atoms with E-state index in [0.29, 0.717) is 18.0 Å². The van der Waals surface area contributed by atoms with E-state index in [1.807, 2.05) is 39.0 Å². The number of carbonyl (C=O) groups is 1. The van der Waals surface area contributed by atoms with Crippen molar-refractivity contribution >= 4 is 85.8 Å². The molecule has 0 radical (unpaired) electrons. The molecule has 3 aromatic rings. The summed E-state index contributed by atoms with van der Waals surface area (Å²) in [6.45, 7) is 6.05. The third-order valence-electron chi connectivity index (χ3n) is 3.96. The molecule has 2 aromatic carbocycles. The second kappa shape index (κ2) is 8.39. The van der Waals surface area contributed by atoms with E-state index >= 15 is 0 Å². The molecule has 8 heteroatoms. The minimum absolute atomic E-state index is 0.399. The molecule has 0 saturated carbocycles. The molecular weight excluding hydrogens is 563 g/mol. The Morgan fingerprint density at radius 3 is 2.70 bits per heavy atom. The van der Waals surface area contributed by atoms with Crippen LogP contribution in [0, 0.1) is 0 Å². The summed E-state index contributed by atoms with van der Waals surface area (Å²) in [4.78, 5) is 11.9. The Bertz CT molecular complexity index is 1020. The summed E-state index contributed by atoms with van der Waals surface area (Å²) in [5.74, 6) is 0. The molecule has 144 valence electrons. The number of nitrogens with zero attached hydrogens (tertiary/aromatic N) is 1. The van der Waals surface area contributed by atoms with Crippen molar-refractivity contribution in [3.8, 4) is 0 Å². The highest BCUT2D eigenvalue weighted by Gasteiger charge is 2.18. The minimum Gasteiger partial charge on any atom is -0.444 e. The van der Waals surface area contributed by atoms with Gasteiger partial charge in [-0.3, -0.25) is 3.97 Å². The number of hydrogen-bond acceptors (Lipinski definition) is 3. The van der Waals surface area contributed by atoms with Gasteiger partial charge in [0.15, 0.2) is 0 Å². The molecule has 0 saturated heterocycles. The van der Waals surface area contributed by atoms with Gasteiger partial charge in [0.2, 0.25) is 0 Å². The van der Waals surface area contributed by atoms with Crippen LogP contribution in [0.1, 0.15) is 26.3 Å². The fourth-order valence-electron chi connectivity index (χ4n) is 3.00. The summed E-state index contributed by atoms with van der Waals surface area (Å²) in [5.41, 5.74) is 2.90. The van der Waals surface area contributed by atoms with Gasteiger partial charge in [0.25, 0.3) is 0 Å². The van der Waals surface area contributed by atoms with Crippen molar-refractivity contribution in [2.75, 3.05) is 6.54 Å². The van der Waals surface area contributed by atoms with Crippen molar-refractivity contribution in [1.29, 1.82) is 0 Å². The monoisotopic (exact) mass is 580 g/mol. The maximum Gasteiger partial charge on any atom is 0.407 e. The molecule has 0 atom stereocenters. The fourth-order valence-corrected chi connectivity index (χ4v) is 5.42. The number of benzene rings is 2. The number of aromatic nitrogens is 1. The van der Waals surface area contributed by atoms with Gasteiger partial charge in [-0.1, -0.05) is 27.5 Å². The number of fused-ring (bicyclic) bond motifs is 3. The largest absolute Gasteiger partial charge is 0.444 e. The van der Waals surface area contributed by atoms with Crippen molar-refractivity contribution in [3.05, 3.63) is 45.4 Å². The lowest BCUT2D eigenvalue weighted by molar-refractivity contribution is 0.0528. The Labute approximate surface area is 188 Å². The zero-order chi connectivity index (χ0) is 19.8. The van der Waals surface area contributed by atoms with Gasteiger partial charge in [-0.2, -0.15) is 0 Å². The summed E-state index contributed by atoms with van der Waals surface area (Å²) in [7, 11) is 1.62. The van der Waals surface area contributed by atoms with E-state index in [-0.39, 0.29) is 0 Å². The molecule has 0 aliphatic heterocycles. The molecule has 1 heterocycles. The molecule has 1 aromatic heterocycles. The molecule has 0 unspecified atom stereocenters. The van der Waals surface area contributed by atoms with Gasteiger partial charge in [0.05, 0.1) is 11.0 Å². The van der Waals surface area contributed by atoms with Crippen molar-refractivity contribution in [3.63, 3.8) is 0 Å². The van der Waals surface area contributed by atoms with Gasteiger partial charge in [0.1, 0.15) is 5.60 Å². The number of carbonyl (C=O) groups excluding carboxylic acids is 1. The van der Waals surface area contributed by atoms with Gasteiger partial charge >= 0.3 is 6.09 Å². The number of hydrogen-bond donors (Lipinski definition) is 1. The topological polar surface area (TPSA) is 43.3 Å². The van der Waals surface area contributed by atoms with Gasteiger partial charge in [-0.25, -0.2) is 4.79 Å². The van der Waals surface area contributed by atoms with E-state index in [1.165, 1.54) is 0 Å². The molecule has 1 amide bonds. The lowest BCUT2D eigenvalue weighted by Gasteiger charge is -2.19. The Morgan fingerprint density at radius 2 is 2.04 bits per heavy atom. The van der Waals surface area contributed by atoms with Gasteiger partial charge in [-0.15, -0.1) is 0 Å². The van der Waals surface area contributed by atoms with Crippen LogP contribution in [0.3, 0.4) is 0 Å². The molecule has 4 nitrogen and oxygen atoms in total. The SMILES string of the molecule is CC(C)(C)OC(=O)NCCc1cc(Br)cc2c3cc(Cl)ccc3n(SI)c12. The first-order valence-electron chi connectivity index (χ1n) is 8.37. The molecule has 0 bridgehead atoms. The fraction of sp³-hybridized carbons (Fsp3) is 0.316. The van der Waals surface area contributed by atoms with Crippen LogP contribution < -0.4 is 5.32 Å². The van der Waals surface area contributed by atoms with Crippen LogP contribution in [-0.2, 0) is 11.2 Å². The number of nitrogens with one attached hydrogen (secondary N) is 1. The highest BCUT2D eigenvalue weighted by atomic mass is 127. The van der Waals surface area contributed by atoms with Crippen molar-refractivity contribution in [1.82, 2.24) is 9.29 Å². The lowest BCUT2D eigenvalue weighted by atomic mass is 10.1. The highest BCUT2D eigenvalue weighted by molar-refractivity contribution is 14.2. The van der Waals surface area contributed by atoms with Gasteiger partial charge in [-0.05, 0) is 63.1 Å². The van der Waals surface area contributed by atoms with E-state index in [4.69, 9.17) is 16.3 Å². The van der Waals surface area contributed by atoms with Crippen LogP contribution >= 0.6 is 57.9 Å². The minimum atomic E-state index is -0.503. The normalized spacial score (nSPS) is 11.9. The van der Waals surface area contributed by atoms with E-state index in [2.05, 4.69) is 58.6 Å². The van der Waals surface area contributed by atoms with Crippen LogP contribution in [-0.4, -0.2) is 22.2 Å². The number of rotatable bonds is 4. The molecule has 27 heavy (non-hydrogen) atoms. The van der Waals surface area contributed by atoms with E-state index in [1.54, 1.807) is 9.12 Å². The number of halogens is 3. The molecule has 3 rings (SSSR count). The Balaban J connectivity index is 1.96. The molecule has 1 N–H and O–H groups in total. The predicted molar refractivity (Wildman–Crippen MR) is 127 cm³/mol. The summed E-state index contributed by atoms with van der Waals surface area (Å²) < 4.78 is 8.51. The third kappa shape index (κ3) is 4.86. The van der Waals surface area contributed by atoms with Crippen molar-refractivity contribution < 1.29 is 9.53 Å². The number of alkyl carbamates (subject to hydrolysis) is 1. The molecular formula is C19H19BrClIN2O2S. The van der Waals surface area contributed by atoms with Crippen LogP contribution in [0.15, 0.2) is 34.8 Å². The second-order valence-electron chi connectivity index (χ2n) is 7.16. The summed E-state index contributed by atoms with van der Waals surface area (Å²) in [6.07, 6.45) is 0.292. The number of ether oxygens (including phenoxy) is 1. The second-order valence-corrected chi connectivity index (χ2v) is 10.2. The van der Waals surface area contributed by atoms with E-state index in [0.717, 1.165) is 31.8 Å². The molecule has 0 spiro atoms. The van der Waals surface area contributed by atoms with E-state index in [9.17, 15) is 4.79 Å². The third-order valence-corrected chi connectivity index (χ3v) is 6.35. The van der Waals surface area contributed by atoms with Crippen molar-refractivity contribution in [2.24, 2.45) is 0 Å². The molecule has 0 fully saturated rings. The maximum absolute atomic E-state index is 11.9. The van der Waals surface area contributed by atoms with Gasteiger partial charge in [0, 0.05) is 57.1 Å². The zero-order valence-electron chi connectivity index (χ0n) is 15.1. The summed E-state index contributed by atoms with van der Waals surface area (Å²) >= 11 is 12.1. The smallest absolute Gasteiger partial charge is 0.407 e. The molecule has 0 aliphatic rings. The standard InChI is InChI=1S/C19H19BrClIN2O2S/c1-19(2,3)26-18(25)23-7-6-11-8-12(20)9-15-14-10-13(21)4-5-16(14)24(27-22)17(11)15/h4-5,8-10H,6-7H2,1-3H3,(H,23,25). The summed E-state index contributed by atoms with van der Waals surface area (Å²) in [5, 5.41) is 5.80. The summed E-state index contributed by atoms with van der Waals surface area (Å²) in [6, 6.07) is 10.2. The van der Waals surface area contributed by atoms with E-state index < -0.39 is 11.7 Å². The Morgan fingerprint density at radius 1 is 1.30 bits per heavy atom. The predicted octanol–water partition coefficient (Wildman–Crippen LogP) is 7.12. The van der Waals surface area contributed by atoms with Crippen LogP contribution in [0.2, 0.25) is 5.02 Å². The van der Waals surface area contributed by atoms with Crippen LogP contribution in [0.4, 0.5) is 4.79 Å². The first kappa shape index (κ1) is 21.1. The van der Waals surface area contributed by atoms with Crippen LogP contribution in [0.25, 0.3) is 21.8 Å². The first-order valence-corrected chi connectivity index (χ1v) is 12.9. The quantitative estimate of drug-likeness (QED) is 0.334. The Hall–Kier alpha value is -0.640. The maximum atomic E-state index is 11.9. The molecule has 0 aliphatic carbocycles. The number of amides is 1. The zero-order valence-corrected chi connectivity index (χ0v) is 20.4. The average Bonchev–Trinajstić information content (AvgIpc) is 2.86. The average molecular weight is 582 g/mol. The van der Waals surface area contributed by atoms with Crippen LogP contribution in [0.5, 0.6) is 0 Å². The Kier molecular flexibility index (Phi) is 6.55. The first-order chi connectivity index (χ1) is 12.7. The lowest BCUT2D eigenvalue weighted by Crippen LogP contribution is -2.33.